The van der Waals surface area contributed by atoms with Gasteiger partial charge < -0.3 is 0 Å². The van der Waals surface area contributed by atoms with Crippen LogP contribution in [0.25, 0.3) is 0 Å². The van der Waals surface area contributed by atoms with E-state index >= 15 is 17.6 Å². The van der Waals surface area contributed by atoms with E-state index in [1.807, 2.05) is 53.7 Å². The number of hydrogen-bond acceptors (Lipinski definition) is 2. The molecule has 4 unspecified atom stereocenters. The first-order chi connectivity index (χ1) is 27.2. The molecule has 0 heterocycles. The van der Waals surface area contributed by atoms with E-state index in [1.54, 1.807) is 24.3 Å². The van der Waals surface area contributed by atoms with Crippen molar-refractivity contribution in [2.75, 3.05) is 10.6 Å². The molecule has 0 bridgehead atoms. The molecule has 9 heteroatoms. The van der Waals surface area contributed by atoms with E-state index in [0.717, 1.165) is 76.3 Å². The Kier molecular flexibility index (Phi) is 16.8. The molecule has 0 spiro atoms. The van der Waals surface area contributed by atoms with Crippen molar-refractivity contribution in [2.24, 2.45) is 22.7 Å². The maximum atomic E-state index is 17.6. The van der Waals surface area contributed by atoms with E-state index < -0.39 is 58.4 Å². The van der Waals surface area contributed by atoms with Crippen LogP contribution < -0.4 is 18.4 Å². The van der Waals surface area contributed by atoms with Crippen LogP contribution >= 0.6 is 0 Å². The third kappa shape index (κ3) is 9.64. The molecule has 2 N–H and O–H groups in total. The molecule has 0 radical (unpaired) electrons. The second-order valence-electron chi connectivity index (χ2n) is 16.9. The summed E-state index contributed by atoms with van der Waals surface area (Å²) in [4.78, 5) is 28.2. The molecule has 0 aromatic heterocycles. The first kappa shape index (κ1) is 46.5. The van der Waals surface area contributed by atoms with Crippen LogP contribution in [0.1, 0.15) is 145 Å². The van der Waals surface area contributed by atoms with Crippen LogP contribution in [-0.4, -0.2) is 11.8 Å². The molecule has 0 saturated heterocycles. The summed E-state index contributed by atoms with van der Waals surface area (Å²) in [6, 6.07) is 4.63. The molecule has 0 aliphatic heterocycles. The third-order valence-electron chi connectivity index (χ3n) is 13.6. The summed E-state index contributed by atoms with van der Waals surface area (Å²) >= 11 is -5.25. The first-order valence-corrected chi connectivity index (χ1v) is 24.6. The van der Waals surface area contributed by atoms with Gasteiger partial charge in [-0.05, 0) is 0 Å². The fourth-order valence-electron chi connectivity index (χ4n) is 8.80. The summed E-state index contributed by atoms with van der Waals surface area (Å²) < 4.78 is 69.0. The van der Waals surface area contributed by atoms with Crippen LogP contribution in [0, 0.1) is 45.9 Å². The summed E-state index contributed by atoms with van der Waals surface area (Å²) in [6.45, 7) is 16.0. The normalized spacial score (nSPS) is 17.1. The predicted octanol–water partition coefficient (Wildman–Crippen LogP) is 13.0. The van der Waals surface area contributed by atoms with Gasteiger partial charge in [0, 0.05) is 0 Å². The first-order valence-electron chi connectivity index (χ1n) is 21.5. The van der Waals surface area contributed by atoms with Crippen LogP contribution in [0.3, 0.4) is 0 Å². The average molecular weight is 827 g/mol. The second-order valence-corrected chi connectivity index (χ2v) is 22.8. The van der Waals surface area contributed by atoms with Gasteiger partial charge in [-0.15, -0.1) is 0 Å². The fraction of sp³-hybridized carbons (Fsp3) is 0.542. The molecule has 2 aliphatic carbocycles. The van der Waals surface area contributed by atoms with Crippen molar-refractivity contribution in [3.63, 3.8) is 0 Å². The van der Waals surface area contributed by atoms with Crippen LogP contribution in [0.4, 0.5) is 28.9 Å². The van der Waals surface area contributed by atoms with Gasteiger partial charge in [0.15, 0.2) is 0 Å². The van der Waals surface area contributed by atoms with Crippen molar-refractivity contribution in [1.29, 1.82) is 0 Å². The summed E-state index contributed by atoms with van der Waals surface area (Å²) in [5.41, 5.74) is -2.13. The van der Waals surface area contributed by atoms with Gasteiger partial charge in [0.2, 0.25) is 0 Å². The van der Waals surface area contributed by atoms with E-state index in [2.05, 4.69) is 24.5 Å². The zero-order chi connectivity index (χ0) is 42.0. The maximum absolute atomic E-state index is 17.6. The van der Waals surface area contributed by atoms with Gasteiger partial charge in [-0.3, -0.25) is 0 Å². The Hall–Kier alpha value is -3.23. The van der Waals surface area contributed by atoms with Crippen molar-refractivity contribution in [3.05, 3.63) is 91.7 Å². The van der Waals surface area contributed by atoms with E-state index in [9.17, 15) is 9.59 Å². The molecule has 312 valence electrons. The zero-order valence-corrected chi connectivity index (χ0v) is 37.2. The Balaban J connectivity index is 1.88. The molecule has 57 heavy (non-hydrogen) atoms. The molecule has 0 saturated carbocycles. The van der Waals surface area contributed by atoms with E-state index in [1.165, 1.54) is 12.1 Å². The van der Waals surface area contributed by atoms with Crippen LogP contribution in [-0.2, 0) is 26.2 Å². The van der Waals surface area contributed by atoms with Gasteiger partial charge >= 0.3 is 331 Å². The monoisotopic (exact) mass is 826 g/mol. The summed E-state index contributed by atoms with van der Waals surface area (Å²) in [5, 5.41) is 5.63. The Morgan fingerprint density at radius 3 is 1.33 bits per heavy atom. The van der Waals surface area contributed by atoms with Crippen LogP contribution in [0.5, 0.6) is 0 Å². The van der Waals surface area contributed by atoms with Crippen molar-refractivity contribution in [1.82, 2.24) is 0 Å². The molecule has 2 aromatic carbocycles. The number of allylic oxidation sites excluding steroid dienone is 8. The summed E-state index contributed by atoms with van der Waals surface area (Å²) in [6.07, 6.45) is 22.3. The van der Waals surface area contributed by atoms with Gasteiger partial charge in [0.1, 0.15) is 0 Å². The van der Waals surface area contributed by atoms with E-state index in [0.29, 0.717) is 20.6 Å². The zero-order valence-electron chi connectivity index (χ0n) is 35.7. The third-order valence-corrected chi connectivity index (χ3v) is 21.5. The number of nitrogens with one attached hydrogen (secondary N) is 2. The molecule has 4 nitrogen and oxygen atoms in total. The molecule has 2 amide bonds. The van der Waals surface area contributed by atoms with Crippen molar-refractivity contribution in [3.8, 4) is 0 Å². The van der Waals surface area contributed by atoms with Gasteiger partial charge in [0.05, 0.1) is 0 Å². The number of carbonyl (C=O) groups excluding carboxylic acids is 2. The van der Waals surface area contributed by atoms with Gasteiger partial charge in [-0.2, -0.15) is 0 Å². The SMILES string of the molecule is CCCCCCC(C)C(C)(CC)C(=O)Nc1ccc(F)[c]([Ti]([C]2=CC=CC2)([C]2=CC=CC2)[c]2c(F)ccc(NC(=O)C(C)(CC)C(C)CCCCCC)c2F)c1F. The van der Waals surface area contributed by atoms with Gasteiger partial charge in [-0.1, -0.05) is 13.8 Å². The molecule has 4 rings (SSSR count). The number of amides is 2. The fourth-order valence-corrected chi connectivity index (χ4v) is 17.1. The Bertz CT molecular complexity index is 1730. The Morgan fingerprint density at radius 2 is 1.02 bits per heavy atom. The number of halogens is 4. The number of hydrogen-bond donors (Lipinski definition) is 2. The van der Waals surface area contributed by atoms with Crippen LogP contribution in [0.2, 0.25) is 0 Å². The number of rotatable bonds is 22. The Labute approximate surface area is 343 Å². The van der Waals surface area contributed by atoms with Crippen molar-refractivity contribution in [2.45, 2.75) is 145 Å². The number of carbonyl (C=O) groups is 2. The second kappa shape index (κ2) is 20.6. The molecule has 2 aromatic rings. The minimum atomic E-state index is -5.25. The molecule has 0 fully saturated rings. The predicted molar refractivity (Wildman–Crippen MR) is 226 cm³/mol. The summed E-state index contributed by atoms with van der Waals surface area (Å²) in [7, 11) is 0. The van der Waals surface area contributed by atoms with Crippen molar-refractivity contribution < 1.29 is 43.7 Å². The van der Waals surface area contributed by atoms with Crippen molar-refractivity contribution >= 4 is 30.9 Å². The molecule has 2 aliphatic rings. The van der Waals surface area contributed by atoms with Gasteiger partial charge in [0.25, 0.3) is 0 Å². The minimum absolute atomic E-state index is 0.0109. The molecule has 4 atom stereocenters. The summed E-state index contributed by atoms with van der Waals surface area (Å²) in [5.74, 6) is -4.71. The Morgan fingerprint density at radius 1 is 0.632 bits per heavy atom. The van der Waals surface area contributed by atoms with E-state index in [-0.39, 0.29) is 47.9 Å². The van der Waals surface area contributed by atoms with Gasteiger partial charge in [-0.25, -0.2) is 0 Å². The van der Waals surface area contributed by atoms with Crippen LogP contribution in [0.15, 0.2) is 68.5 Å². The topological polar surface area (TPSA) is 58.2 Å². The number of benzene rings is 2. The molecular formula is C48H66F4N2O2Ti. The number of anilines is 2. The number of unbranched alkanes of at least 4 members (excludes halogenated alkanes) is 6. The average Bonchev–Trinajstić information content (AvgIpc) is 3.95. The van der Waals surface area contributed by atoms with E-state index in [4.69, 9.17) is 0 Å². The standard InChI is InChI=1S/2C19H28F2NO.2C5H5.Ti/c2*1-5-7-8-9-10-14(3)19(4,6-2)18(23)22-17-12-11-15(20)13-16(17)21;2*1-2-4-5-3-1;/h2*11-12,14H,5-10H2,1-4H3,(H,22,23);2*1-3H,4H2;. The quantitative estimate of drug-likeness (QED) is 0.0706. The molecular weight excluding hydrogens is 760 g/mol.